The van der Waals surface area contributed by atoms with Crippen LogP contribution in [-0.4, -0.2) is 31.5 Å². The van der Waals surface area contributed by atoms with E-state index in [1.165, 1.54) is 0 Å². The maximum absolute atomic E-state index is 12.8. The van der Waals surface area contributed by atoms with Gasteiger partial charge in [-0.25, -0.2) is 4.79 Å². The van der Waals surface area contributed by atoms with Crippen LogP contribution in [0.1, 0.15) is 53.3 Å². The van der Waals surface area contributed by atoms with E-state index in [0.717, 1.165) is 11.3 Å². The molecule has 0 saturated heterocycles. The molecule has 0 radical (unpaired) electrons. The number of esters is 1. The summed E-state index contributed by atoms with van der Waals surface area (Å²) >= 11 is 1.05. The number of benzene rings is 1. The zero-order valence-electron chi connectivity index (χ0n) is 17.5. The van der Waals surface area contributed by atoms with Crippen molar-refractivity contribution in [1.29, 1.82) is 0 Å². The highest BCUT2D eigenvalue weighted by atomic mass is 32.1. The van der Waals surface area contributed by atoms with Crippen molar-refractivity contribution in [2.45, 2.75) is 34.6 Å². The molecule has 2 aromatic rings. The van der Waals surface area contributed by atoms with Gasteiger partial charge in [-0.15, -0.1) is 11.3 Å². The third-order valence-electron chi connectivity index (χ3n) is 4.09. The molecule has 0 fully saturated rings. The Balaban J connectivity index is 2.37. The van der Waals surface area contributed by atoms with Crippen molar-refractivity contribution >= 4 is 39.8 Å². The van der Waals surface area contributed by atoms with Crippen LogP contribution in [0.4, 0.5) is 10.7 Å². The predicted octanol–water partition coefficient (Wildman–Crippen LogP) is 4.48. The predicted molar refractivity (Wildman–Crippen MR) is 114 cm³/mol. The quantitative estimate of drug-likeness (QED) is 0.675. The monoisotopic (exact) mass is 418 g/mol. The molecule has 1 aromatic heterocycles. The van der Waals surface area contributed by atoms with Gasteiger partial charge in [0, 0.05) is 11.1 Å². The van der Waals surface area contributed by atoms with Gasteiger partial charge in [0.25, 0.3) is 5.91 Å². The lowest BCUT2D eigenvalue weighted by atomic mass is 9.96. The van der Waals surface area contributed by atoms with Gasteiger partial charge in [-0.05, 0) is 43.7 Å². The molecule has 2 rings (SSSR count). The molecule has 0 aliphatic carbocycles. The maximum Gasteiger partial charge on any atom is 0.341 e. The number of hydrogen-bond donors (Lipinski definition) is 2. The van der Waals surface area contributed by atoms with Crippen LogP contribution in [-0.2, 0) is 9.53 Å². The van der Waals surface area contributed by atoms with E-state index >= 15 is 0 Å². The Morgan fingerprint density at radius 1 is 1.07 bits per heavy atom. The third kappa shape index (κ3) is 5.35. The van der Waals surface area contributed by atoms with Crippen LogP contribution < -0.4 is 15.4 Å². The fourth-order valence-corrected chi connectivity index (χ4v) is 3.51. The van der Waals surface area contributed by atoms with Crippen molar-refractivity contribution < 1.29 is 23.9 Å². The van der Waals surface area contributed by atoms with E-state index in [4.69, 9.17) is 9.47 Å². The largest absolute Gasteiger partial charge is 0.497 e. The Morgan fingerprint density at radius 3 is 2.21 bits per heavy atom. The van der Waals surface area contributed by atoms with Gasteiger partial charge in [0.05, 0.1) is 24.2 Å². The van der Waals surface area contributed by atoms with Gasteiger partial charge in [-0.2, -0.15) is 0 Å². The van der Waals surface area contributed by atoms with Gasteiger partial charge in [0.2, 0.25) is 5.91 Å². The van der Waals surface area contributed by atoms with Gasteiger partial charge >= 0.3 is 5.97 Å². The number of methoxy groups -OCH3 is 1. The molecule has 29 heavy (non-hydrogen) atoms. The van der Waals surface area contributed by atoms with Gasteiger partial charge in [0.15, 0.2) is 0 Å². The normalized spacial score (nSPS) is 11.0. The molecule has 8 heteroatoms. The van der Waals surface area contributed by atoms with Crippen LogP contribution in [0.25, 0.3) is 0 Å². The second-order valence-electron chi connectivity index (χ2n) is 7.37. The number of anilines is 2. The average Bonchev–Trinajstić information content (AvgIpc) is 2.98. The lowest BCUT2D eigenvalue weighted by molar-refractivity contribution is -0.123. The van der Waals surface area contributed by atoms with Gasteiger partial charge < -0.3 is 20.1 Å². The summed E-state index contributed by atoms with van der Waals surface area (Å²) in [7, 11) is 1.56. The second-order valence-corrected chi connectivity index (χ2v) is 8.39. The zero-order chi connectivity index (χ0) is 21.8. The molecule has 1 aromatic carbocycles. The smallest absolute Gasteiger partial charge is 0.341 e. The van der Waals surface area contributed by atoms with Gasteiger partial charge in [-0.3, -0.25) is 9.59 Å². The molecule has 0 spiro atoms. The highest BCUT2D eigenvalue weighted by Gasteiger charge is 2.29. The van der Waals surface area contributed by atoms with E-state index in [0.29, 0.717) is 26.9 Å². The molecule has 156 valence electrons. The number of carbonyl (C=O) groups excluding carboxylic acids is 3. The number of rotatable bonds is 6. The van der Waals surface area contributed by atoms with Crippen LogP contribution in [0.5, 0.6) is 5.75 Å². The van der Waals surface area contributed by atoms with E-state index in [2.05, 4.69) is 10.6 Å². The minimum absolute atomic E-state index is 0.189. The summed E-state index contributed by atoms with van der Waals surface area (Å²) < 4.78 is 10.2. The van der Waals surface area contributed by atoms with Crippen LogP contribution in [0, 0.1) is 12.3 Å². The molecule has 0 aliphatic rings. The van der Waals surface area contributed by atoms with Gasteiger partial charge in [0.1, 0.15) is 10.8 Å². The first-order valence-electron chi connectivity index (χ1n) is 9.15. The molecule has 7 nitrogen and oxygen atoms in total. The van der Waals surface area contributed by atoms with Crippen molar-refractivity contribution in [3.05, 3.63) is 40.3 Å². The number of amides is 2. The van der Waals surface area contributed by atoms with E-state index in [-0.39, 0.29) is 24.0 Å². The molecule has 0 saturated carbocycles. The number of nitrogens with one attached hydrogen (secondary N) is 2. The fraction of sp³-hybridized carbons (Fsp3) is 0.381. The Bertz CT molecular complexity index is 910. The van der Waals surface area contributed by atoms with Crippen LogP contribution in [0.3, 0.4) is 0 Å². The van der Waals surface area contributed by atoms with Crippen LogP contribution >= 0.6 is 11.3 Å². The molecule has 0 atom stereocenters. The SMILES string of the molecule is CCOC(=O)c1c(NC(=O)C(C)(C)C)sc(C(=O)Nc2ccc(OC)cc2)c1C. The van der Waals surface area contributed by atoms with Crippen LogP contribution in [0.15, 0.2) is 24.3 Å². The summed E-state index contributed by atoms with van der Waals surface area (Å²) in [5, 5.41) is 5.87. The Labute approximate surface area is 174 Å². The van der Waals surface area contributed by atoms with Crippen molar-refractivity contribution in [2.24, 2.45) is 5.41 Å². The minimum atomic E-state index is -0.657. The summed E-state index contributed by atoms with van der Waals surface area (Å²) in [6.45, 7) is 8.86. The Hall–Kier alpha value is -2.87. The molecule has 0 unspecified atom stereocenters. The molecule has 1 heterocycles. The summed E-state index contributed by atoms with van der Waals surface area (Å²) in [6.07, 6.45) is 0. The molecule has 0 bridgehead atoms. The van der Waals surface area contributed by atoms with Crippen molar-refractivity contribution in [2.75, 3.05) is 24.4 Å². The first kappa shape index (κ1) is 22.4. The van der Waals surface area contributed by atoms with Crippen molar-refractivity contribution in [3.8, 4) is 5.75 Å². The number of carbonyl (C=O) groups is 3. The van der Waals surface area contributed by atoms with Crippen molar-refractivity contribution in [3.63, 3.8) is 0 Å². The summed E-state index contributed by atoms with van der Waals surface area (Å²) in [5.41, 5.74) is 0.592. The average molecular weight is 419 g/mol. The fourth-order valence-electron chi connectivity index (χ4n) is 2.42. The molecule has 2 N–H and O–H groups in total. The first-order valence-corrected chi connectivity index (χ1v) is 9.97. The molecule has 0 aliphatic heterocycles. The van der Waals surface area contributed by atoms with E-state index in [1.807, 2.05) is 0 Å². The number of hydrogen-bond acceptors (Lipinski definition) is 6. The highest BCUT2D eigenvalue weighted by molar-refractivity contribution is 7.19. The number of ether oxygens (including phenoxy) is 2. The van der Waals surface area contributed by atoms with Crippen LogP contribution in [0.2, 0.25) is 0 Å². The van der Waals surface area contributed by atoms with E-state index in [1.54, 1.807) is 66.0 Å². The molecular formula is C21H26N2O5S. The molecular weight excluding hydrogens is 392 g/mol. The van der Waals surface area contributed by atoms with E-state index in [9.17, 15) is 14.4 Å². The highest BCUT2D eigenvalue weighted by Crippen LogP contribution is 2.35. The lowest BCUT2D eigenvalue weighted by Crippen LogP contribution is -2.28. The zero-order valence-corrected chi connectivity index (χ0v) is 18.3. The summed E-state index contributed by atoms with van der Waals surface area (Å²) in [5.74, 6) is -0.535. The Kier molecular flexibility index (Phi) is 7.02. The van der Waals surface area contributed by atoms with E-state index < -0.39 is 11.4 Å². The Morgan fingerprint density at radius 2 is 1.69 bits per heavy atom. The lowest BCUT2D eigenvalue weighted by Gasteiger charge is -2.17. The first-order chi connectivity index (χ1) is 13.6. The summed E-state index contributed by atoms with van der Waals surface area (Å²) in [6, 6.07) is 6.90. The number of thiophene rings is 1. The standard InChI is InChI=1S/C21H26N2O5S/c1-7-28-19(25)15-12(2)16(29-18(15)23-20(26)21(3,4)5)17(24)22-13-8-10-14(27-6)11-9-13/h8-11H,7H2,1-6H3,(H,22,24)(H,23,26). The summed E-state index contributed by atoms with van der Waals surface area (Å²) in [4.78, 5) is 38.1. The van der Waals surface area contributed by atoms with Gasteiger partial charge in [-0.1, -0.05) is 20.8 Å². The second kappa shape index (κ2) is 9.09. The topological polar surface area (TPSA) is 93.7 Å². The third-order valence-corrected chi connectivity index (χ3v) is 5.29. The molecule has 2 amide bonds. The minimum Gasteiger partial charge on any atom is -0.497 e. The maximum atomic E-state index is 12.8. The van der Waals surface area contributed by atoms with Crippen molar-refractivity contribution in [1.82, 2.24) is 0 Å².